The highest BCUT2D eigenvalue weighted by atomic mass is 16.6. The largest absolute Gasteiger partial charge is 0.466 e. The average molecular weight is 330 g/mol. The molecule has 0 aromatic heterocycles. The minimum absolute atomic E-state index is 0.0302. The van der Waals surface area contributed by atoms with Gasteiger partial charge in [-0.3, -0.25) is 9.59 Å². The molecule has 132 valence electrons. The molecule has 0 amide bonds. The smallest absolute Gasteiger partial charge is 0.306 e. The number of rotatable bonds is 14. The zero-order valence-corrected chi connectivity index (χ0v) is 13.9. The minimum Gasteiger partial charge on any atom is -0.466 e. The van der Waals surface area contributed by atoms with Crippen LogP contribution in [0.5, 0.6) is 0 Å². The molecule has 0 spiro atoms. The molecular weight excluding hydrogens is 304 g/mol. The summed E-state index contributed by atoms with van der Waals surface area (Å²) in [7, 11) is 0. The van der Waals surface area contributed by atoms with E-state index in [0.29, 0.717) is 26.2 Å². The van der Waals surface area contributed by atoms with Crippen LogP contribution in [0.2, 0.25) is 0 Å². The number of hydrogen-bond acceptors (Lipinski definition) is 7. The van der Waals surface area contributed by atoms with Crippen LogP contribution in [0.3, 0.4) is 0 Å². The molecule has 0 rings (SSSR count). The van der Waals surface area contributed by atoms with Gasteiger partial charge in [-0.2, -0.15) is 0 Å². The molecular formula is C16H26O7. The monoisotopic (exact) mass is 330 g/mol. The summed E-state index contributed by atoms with van der Waals surface area (Å²) in [5.41, 5.74) is 0. The van der Waals surface area contributed by atoms with E-state index in [1.165, 1.54) is 13.8 Å². The van der Waals surface area contributed by atoms with E-state index in [-0.39, 0.29) is 49.8 Å². The van der Waals surface area contributed by atoms with Crippen molar-refractivity contribution in [3.8, 4) is 0 Å². The summed E-state index contributed by atoms with van der Waals surface area (Å²) < 4.78 is 15.1. The minimum atomic E-state index is -0.402. The third kappa shape index (κ3) is 16.4. The fraction of sp³-hybridized carbons (Fsp3) is 0.750. The van der Waals surface area contributed by atoms with Crippen molar-refractivity contribution in [3.05, 3.63) is 0 Å². The number of ketones is 2. The molecule has 0 bridgehead atoms. The van der Waals surface area contributed by atoms with E-state index in [4.69, 9.17) is 14.2 Å². The summed E-state index contributed by atoms with van der Waals surface area (Å²) >= 11 is 0. The first kappa shape index (κ1) is 21.2. The predicted octanol–water partition coefficient (Wildman–Crippen LogP) is 1.61. The quantitative estimate of drug-likeness (QED) is 0.352. The number of hydrogen-bond donors (Lipinski definition) is 0. The van der Waals surface area contributed by atoms with Crippen LogP contribution >= 0.6 is 0 Å². The van der Waals surface area contributed by atoms with E-state index in [0.717, 1.165) is 6.42 Å². The second-order valence-corrected chi connectivity index (χ2v) is 5.16. The second kappa shape index (κ2) is 13.9. The van der Waals surface area contributed by atoms with Gasteiger partial charge < -0.3 is 23.8 Å². The lowest BCUT2D eigenvalue weighted by molar-refractivity contribution is -0.146. The van der Waals surface area contributed by atoms with Crippen molar-refractivity contribution >= 4 is 23.5 Å². The Bertz CT molecular complexity index is 354. The van der Waals surface area contributed by atoms with Gasteiger partial charge in [0, 0.05) is 19.4 Å². The van der Waals surface area contributed by atoms with E-state index >= 15 is 0 Å². The van der Waals surface area contributed by atoms with Crippen LogP contribution in [0, 0.1) is 0 Å². The average Bonchev–Trinajstić information content (AvgIpc) is 2.49. The molecule has 0 aromatic rings. The number of carbonyl (C=O) groups excluding carboxylic acids is 4. The molecule has 7 nitrogen and oxygen atoms in total. The lowest BCUT2D eigenvalue weighted by Crippen LogP contribution is -2.12. The molecule has 0 aliphatic carbocycles. The summed E-state index contributed by atoms with van der Waals surface area (Å²) in [6, 6.07) is 0. The molecule has 0 radical (unpaired) electrons. The Kier molecular flexibility index (Phi) is 12.8. The van der Waals surface area contributed by atoms with Crippen LogP contribution in [0.4, 0.5) is 0 Å². The van der Waals surface area contributed by atoms with Crippen molar-refractivity contribution in [2.24, 2.45) is 0 Å². The molecule has 0 atom stereocenters. The zero-order valence-electron chi connectivity index (χ0n) is 13.9. The molecule has 0 aliphatic heterocycles. The zero-order chi connectivity index (χ0) is 17.5. The number of carbonyl (C=O) groups is 4. The van der Waals surface area contributed by atoms with Gasteiger partial charge in [-0.15, -0.1) is 0 Å². The van der Waals surface area contributed by atoms with Crippen molar-refractivity contribution in [1.29, 1.82) is 0 Å². The van der Waals surface area contributed by atoms with Crippen molar-refractivity contribution < 1.29 is 33.4 Å². The Hall–Kier alpha value is -1.76. The van der Waals surface area contributed by atoms with Crippen LogP contribution in [0.1, 0.15) is 52.4 Å². The normalized spacial score (nSPS) is 10.2. The maximum absolute atomic E-state index is 11.2. The summed E-state index contributed by atoms with van der Waals surface area (Å²) in [5.74, 6) is -0.836. The summed E-state index contributed by atoms with van der Waals surface area (Å²) in [5, 5.41) is 0. The number of esters is 2. The van der Waals surface area contributed by atoms with E-state index in [2.05, 4.69) is 0 Å². The first-order chi connectivity index (χ1) is 10.9. The van der Waals surface area contributed by atoms with Crippen molar-refractivity contribution in [1.82, 2.24) is 0 Å². The van der Waals surface area contributed by atoms with Crippen LogP contribution in [-0.2, 0) is 33.4 Å². The Morgan fingerprint density at radius 3 is 1.61 bits per heavy atom. The Morgan fingerprint density at radius 2 is 1.09 bits per heavy atom. The highest BCUT2D eigenvalue weighted by Gasteiger charge is 2.05. The first-order valence-electron chi connectivity index (χ1n) is 7.79. The Labute approximate surface area is 136 Å². The van der Waals surface area contributed by atoms with Crippen LogP contribution < -0.4 is 0 Å². The van der Waals surface area contributed by atoms with E-state index in [9.17, 15) is 19.2 Å². The molecule has 7 heteroatoms. The standard InChI is InChI=1S/C16H26O7/c1-13(17)5-7-15(19)22-10-4-3-9-21-11-12-23-16(20)8-6-14(2)18/h3-12H2,1-2H3. The van der Waals surface area contributed by atoms with E-state index in [1.807, 2.05) is 0 Å². The lowest BCUT2D eigenvalue weighted by Gasteiger charge is -2.06. The predicted molar refractivity (Wildman–Crippen MR) is 81.8 cm³/mol. The number of ether oxygens (including phenoxy) is 3. The van der Waals surface area contributed by atoms with Crippen molar-refractivity contribution in [3.63, 3.8) is 0 Å². The van der Waals surface area contributed by atoms with Crippen LogP contribution in [-0.4, -0.2) is 49.9 Å². The maximum atomic E-state index is 11.2. The van der Waals surface area contributed by atoms with E-state index < -0.39 is 5.97 Å². The fourth-order valence-electron chi connectivity index (χ4n) is 1.51. The van der Waals surface area contributed by atoms with Gasteiger partial charge in [-0.25, -0.2) is 0 Å². The molecule has 0 unspecified atom stereocenters. The van der Waals surface area contributed by atoms with Crippen LogP contribution in [0.25, 0.3) is 0 Å². The second-order valence-electron chi connectivity index (χ2n) is 5.16. The van der Waals surface area contributed by atoms with Gasteiger partial charge in [0.05, 0.1) is 26.1 Å². The lowest BCUT2D eigenvalue weighted by atomic mass is 10.2. The summed E-state index contributed by atoms with van der Waals surface area (Å²) in [6.07, 6.45) is 2.03. The first-order valence-corrected chi connectivity index (χ1v) is 7.79. The van der Waals surface area contributed by atoms with Gasteiger partial charge in [-0.05, 0) is 26.7 Å². The Morgan fingerprint density at radius 1 is 0.609 bits per heavy atom. The molecule has 23 heavy (non-hydrogen) atoms. The molecule has 0 N–H and O–H groups in total. The third-order valence-electron chi connectivity index (χ3n) is 2.80. The Balaban J connectivity index is 3.30. The molecule has 0 aliphatic rings. The molecule has 0 fully saturated rings. The molecule has 0 saturated carbocycles. The third-order valence-corrected chi connectivity index (χ3v) is 2.80. The maximum Gasteiger partial charge on any atom is 0.306 e. The topological polar surface area (TPSA) is 96.0 Å². The number of unbranched alkanes of at least 4 members (excludes halogenated alkanes) is 1. The van der Waals surface area contributed by atoms with E-state index in [1.54, 1.807) is 0 Å². The van der Waals surface area contributed by atoms with Crippen molar-refractivity contribution in [2.45, 2.75) is 52.4 Å². The highest BCUT2D eigenvalue weighted by Crippen LogP contribution is 1.98. The van der Waals surface area contributed by atoms with Gasteiger partial charge in [-0.1, -0.05) is 0 Å². The number of Topliss-reactive ketones (excluding diaryl/α,β-unsaturated/α-hetero) is 2. The van der Waals surface area contributed by atoms with Gasteiger partial charge >= 0.3 is 11.9 Å². The van der Waals surface area contributed by atoms with Crippen molar-refractivity contribution in [2.75, 3.05) is 26.4 Å². The summed E-state index contributed by atoms with van der Waals surface area (Å²) in [4.78, 5) is 43.8. The molecule has 0 aromatic carbocycles. The van der Waals surface area contributed by atoms with Gasteiger partial charge in [0.2, 0.25) is 0 Å². The SMILES string of the molecule is CC(=O)CCC(=O)OCCCCOCCOC(=O)CCC(C)=O. The molecule has 0 heterocycles. The van der Waals surface area contributed by atoms with Gasteiger partial charge in [0.25, 0.3) is 0 Å². The van der Waals surface area contributed by atoms with Gasteiger partial charge in [0.1, 0.15) is 18.2 Å². The fourth-order valence-corrected chi connectivity index (χ4v) is 1.51. The summed E-state index contributed by atoms with van der Waals surface area (Å²) in [6.45, 7) is 4.11. The molecule has 0 saturated heterocycles. The van der Waals surface area contributed by atoms with Crippen LogP contribution in [0.15, 0.2) is 0 Å². The highest BCUT2D eigenvalue weighted by molar-refractivity contribution is 5.81. The van der Waals surface area contributed by atoms with Gasteiger partial charge in [0.15, 0.2) is 0 Å².